The predicted molar refractivity (Wildman–Crippen MR) is 75.0 cm³/mol. The summed E-state index contributed by atoms with van der Waals surface area (Å²) in [5, 5.41) is 0. The fourth-order valence-electron chi connectivity index (χ4n) is 3.00. The van der Waals surface area contributed by atoms with E-state index in [1.165, 1.54) is 12.8 Å². The first-order valence-electron chi connectivity index (χ1n) is 6.80. The van der Waals surface area contributed by atoms with Crippen molar-refractivity contribution in [3.05, 3.63) is 28.5 Å². The van der Waals surface area contributed by atoms with Crippen LogP contribution in [0.3, 0.4) is 0 Å². The summed E-state index contributed by atoms with van der Waals surface area (Å²) in [6.45, 7) is 1.32. The highest BCUT2D eigenvalue weighted by Crippen LogP contribution is 2.29. The van der Waals surface area contributed by atoms with E-state index in [4.69, 9.17) is 4.74 Å². The van der Waals surface area contributed by atoms with Crippen molar-refractivity contribution >= 4 is 21.8 Å². The molecule has 3 rings (SSSR count). The fraction of sp³-hybridized carbons (Fsp3) is 0.571. The topological polar surface area (TPSA) is 42.4 Å². The van der Waals surface area contributed by atoms with E-state index in [1.807, 2.05) is 11.0 Å². The van der Waals surface area contributed by atoms with Crippen molar-refractivity contribution in [3.63, 3.8) is 0 Å². The standard InChI is InChI=1S/C14H17BrN2O2/c15-10-5-6-11(16-9-10)14(18)17-7-8-19-13-4-2-1-3-12(13)17/h5-6,9,12-13H,1-4,7-8H2. The van der Waals surface area contributed by atoms with Gasteiger partial charge < -0.3 is 9.64 Å². The van der Waals surface area contributed by atoms with Crippen molar-refractivity contribution in [1.29, 1.82) is 0 Å². The van der Waals surface area contributed by atoms with E-state index in [9.17, 15) is 4.79 Å². The maximum atomic E-state index is 12.6. The molecule has 2 aliphatic rings. The molecule has 2 heterocycles. The molecule has 2 unspecified atom stereocenters. The number of fused-ring (bicyclic) bond motifs is 1. The first-order chi connectivity index (χ1) is 9.25. The Balaban J connectivity index is 1.79. The summed E-state index contributed by atoms with van der Waals surface area (Å²) in [6.07, 6.45) is 6.41. The molecular weight excluding hydrogens is 308 g/mol. The molecule has 19 heavy (non-hydrogen) atoms. The van der Waals surface area contributed by atoms with Crippen LogP contribution < -0.4 is 0 Å². The molecule has 1 saturated heterocycles. The molecule has 0 spiro atoms. The summed E-state index contributed by atoms with van der Waals surface area (Å²) in [5.41, 5.74) is 0.523. The van der Waals surface area contributed by atoms with Crippen LogP contribution in [0.2, 0.25) is 0 Å². The molecule has 0 radical (unpaired) electrons. The maximum absolute atomic E-state index is 12.6. The van der Waals surface area contributed by atoms with Gasteiger partial charge in [0.2, 0.25) is 0 Å². The number of hydrogen-bond donors (Lipinski definition) is 0. The van der Waals surface area contributed by atoms with Crippen molar-refractivity contribution in [1.82, 2.24) is 9.88 Å². The van der Waals surface area contributed by atoms with Gasteiger partial charge in [0.1, 0.15) is 5.69 Å². The van der Waals surface area contributed by atoms with Crippen molar-refractivity contribution in [2.45, 2.75) is 37.8 Å². The second kappa shape index (κ2) is 5.59. The van der Waals surface area contributed by atoms with E-state index in [0.717, 1.165) is 17.3 Å². The second-order valence-electron chi connectivity index (χ2n) is 5.12. The zero-order valence-corrected chi connectivity index (χ0v) is 12.3. The lowest BCUT2D eigenvalue weighted by Crippen LogP contribution is -2.54. The van der Waals surface area contributed by atoms with Crippen LogP contribution >= 0.6 is 15.9 Å². The number of aromatic nitrogens is 1. The fourth-order valence-corrected chi connectivity index (χ4v) is 3.23. The summed E-state index contributed by atoms with van der Waals surface area (Å²) < 4.78 is 6.69. The molecule has 102 valence electrons. The van der Waals surface area contributed by atoms with Crippen LogP contribution in [-0.2, 0) is 4.74 Å². The largest absolute Gasteiger partial charge is 0.374 e. The lowest BCUT2D eigenvalue weighted by molar-refractivity contribution is -0.0754. The first kappa shape index (κ1) is 13.1. The minimum atomic E-state index is 0.0349. The minimum Gasteiger partial charge on any atom is -0.374 e. The number of halogens is 1. The van der Waals surface area contributed by atoms with Gasteiger partial charge in [0.05, 0.1) is 18.8 Å². The highest BCUT2D eigenvalue weighted by Gasteiger charge is 2.37. The van der Waals surface area contributed by atoms with Gasteiger partial charge in [-0.1, -0.05) is 12.8 Å². The van der Waals surface area contributed by atoms with Gasteiger partial charge in [0.25, 0.3) is 5.91 Å². The molecule has 1 aliphatic carbocycles. The number of ether oxygens (including phenoxy) is 1. The number of rotatable bonds is 1. The highest BCUT2D eigenvalue weighted by molar-refractivity contribution is 9.10. The van der Waals surface area contributed by atoms with E-state index in [0.29, 0.717) is 18.8 Å². The number of pyridine rings is 1. The highest BCUT2D eigenvalue weighted by atomic mass is 79.9. The van der Waals surface area contributed by atoms with E-state index >= 15 is 0 Å². The van der Waals surface area contributed by atoms with E-state index in [-0.39, 0.29) is 18.1 Å². The average Bonchev–Trinajstić information content (AvgIpc) is 2.47. The average molecular weight is 325 g/mol. The Kier molecular flexibility index (Phi) is 3.84. The third-order valence-corrected chi connectivity index (χ3v) is 4.41. The Morgan fingerprint density at radius 2 is 2.21 bits per heavy atom. The van der Waals surface area contributed by atoms with Gasteiger partial charge in [-0.05, 0) is 40.9 Å². The normalized spacial score (nSPS) is 26.9. The van der Waals surface area contributed by atoms with Crippen LogP contribution in [0.1, 0.15) is 36.2 Å². The molecule has 1 aliphatic heterocycles. The van der Waals surface area contributed by atoms with Crippen LogP contribution in [0, 0.1) is 0 Å². The van der Waals surface area contributed by atoms with E-state index in [2.05, 4.69) is 20.9 Å². The van der Waals surface area contributed by atoms with Crippen molar-refractivity contribution in [2.75, 3.05) is 13.2 Å². The minimum absolute atomic E-state index is 0.0349. The SMILES string of the molecule is O=C(c1ccc(Br)cn1)N1CCOC2CCCCC21. The number of carbonyl (C=O) groups is 1. The Morgan fingerprint density at radius 1 is 1.37 bits per heavy atom. The summed E-state index contributed by atoms with van der Waals surface area (Å²) in [6, 6.07) is 3.87. The molecule has 2 atom stereocenters. The molecule has 1 amide bonds. The molecule has 1 aromatic heterocycles. The Bertz CT molecular complexity index is 461. The summed E-state index contributed by atoms with van der Waals surface area (Å²) in [5.74, 6) is 0.0349. The third-order valence-electron chi connectivity index (χ3n) is 3.94. The van der Waals surface area contributed by atoms with Crippen LogP contribution in [0.25, 0.3) is 0 Å². The smallest absolute Gasteiger partial charge is 0.272 e. The Morgan fingerprint density at radius 3 is 3.00 bits per heavy atom. The Labute approximate surface area is 121 Å². The van der Waals surface area contributed by atoms with Crippen LogP contribution in [-0.4, -0.2) is 41.1 Å². The number of hydrogen-bond acceptors (Lipinski definition) is 3. The molecule has 1 aromatic rings. The van der Waals surface area contributed by atoms with E-state index < -0.39 is 0 Å². The lowest BCUT2D eigenvalue weighted by atomic mass is 9.90. The predicted octanol–water partition coefficient (Wildman–Crippen LogP) is 2.63. The second-order valence-corrected chi connectivity index (χ2v) is 6.04. The van der Waals surface area contributed by atoms with E-state index in [1.54, 1.807) is 12.3 Å². The summed E-state index contributed by atoms with van der Waals surface area (Å²) in [4.78, 5) is 18.7. The molecular formula is C14H17BrN2O2. The Hall–Kier alpha value is -0.940. The first-order valence-corrected chi connectivity index (χ1v) is 7.59. The van der Waals surface area contributed by atoms with Crippen molar-refractivity contribution < 1.29 is 9.53 Å². The molecule has 4 nitrogen and oxygen atoms in total. The van der Waals surface area contributed by atoms with Gasteiger partial charge >= 0.3 is 0 Å². The lowest BCUT2D eigenvalue weighted by Gasteiger charge is -2.43. The monoisotopic (exact) mass is 324 g/mol. The van der Waals surface area contributed by atoms with Gasteiger partial charge in [-0.15, -0.1) is 0 Å². The number of carbonyl (C=O) groups excluding carboxylic acids is 1. The number of morpholine rings is 1. The van der Waals surface area contributed by atoms with Crippen LogP contribution in [0.4, 0.5) is 0 Å². The summed E-state index contributed by atoms with van der Waals surface area (Å²) >= 11 is 3.34. The van der Waals surface area contributed by atoms with Crippen LogP contribution in [0.15, 0.2) is 22.8 Å². The molecule has 0 N–H and O–H groups in total. The van der Waals surface area contributed by atoms with Gasteiger partial charge in [-0.2, -0.15) is 0 Å². The number of amides is 1. The zero-order valence-electron chi connectivity index (χ0n) is 10.7. The van der Waals surface area contributed by atoms with Gasteiger partial charge in [0.15, 0.2) is 0 Å². The quantitative estimate of drug-likeness (QED) is 0.797. The summed E-state index contributed by atoms with van der Waals surface area (Å²) in [7, 11) is 0. The van der Waals surface area contributed by atoms with Gasteiger partial charge in [-0.25, -0.2) is 4.98 Å². The molecule has 0 bridgehead atoms. The van der Waals surface area contributed by atoms with Crippen molar-refractivity contribution in [3.8, 4) is 0 Å². The molecule has 1 saturated carbocycles. The van der Waals surface area contributed by atoms with Crippen LogP contribution in [0.5, 0.6) is 0 Å². The molecule has 0 aromatic carbocycles. The van der Waals surface area contributed by atoms with Crippen molar-refractivity contribution in [2.24, 2.45) is 0 Å². The maximum Gasteiger partial charge on any atom is 0.272 e. The van der Waals surface area contributed by atoms with Gasteiger partial charge in [-0.3, -0.25) is 4.79 Å². The zero-order chi connectivity index (χ0) is 13.2. The number of nitrogens with zero attached hydrogens (tertiary/aromatic N) is 2. The molecule has 2 fully saturated rings. The molecule has 5 heteroatoms. The van der Waals surface area contributed by atoms with Gasteiger partial charge in [0, 0.05) is 17.2 Å². The third kappa shape index (κ3) is 2.67.